The largest absolute Gasteiger partial charge is 0.444 e. The molecule has 5 nitrogen and oxygen atoms in total. The van der Waals surface area contributed by atoms with E-state index in [2.05, 4.69) is 10.6 Å². The highest BCUT2D eigenvalue weighted by molar-refractivity contribution is 7.98. The zero-order valence-electron chi connectivity index (χ0n) is 12.9. The lowest BCUT2D eigenvalue weighted by molar-refractivity contribution is 0.0636. The summed E-state index contributed by atoms with van der Waals surface area (Å²) in [6.45, 7) is 6.04. The van der Waals surface area contributed by atoms with E-state index >= 15 is 0 Å². The molecule has 2 amide bonds. The van der Waals surface area contributed by atoms with Crippen molar-refractivity contribution >= 4 is 29.4 Å². The maximum Gasteiger partial charge on any atom is 0.412 e. The van der Waals surface area contributed by atoms with Gasteiger partial charge in [0.15, 0.2) is 0 Å². The van der Waals surface area contributed by atoms with E-state index in [0.29, 0.717) is 17.8 Å². The summed E-state index contributed by atoms with van der Waals surface area (Å²) < 4.78 is 5.15. The van der Waals surface area contributed by atoms with Crippen LogP contribution >= 0.6 is 11.8 Å². The number of amides is 2. The van der Waals surface area contributed by atoms with Gasteiger partial charge in [-0.15, -0.1) is 0 Å². The second-order valence-corrected chi connectivity index (χ2v) is 6.44. The second kappa shape index (κ2) is 7.93. The van der Waals surface area contributed by atoms with Gasteiger partial charge in [-0.25, -0.2) is 4.79 Å². The molecule has 0 saturated carbocycles. The molecule has 6 heteroatoms. The van der Waals surface area contributed by atoms with Crippen molar-refractivity contribution < 1.29 is 14.3 Å². The first-order valence-electron chi connectivity index (χ1n) is 6.69. The maximum atomic E-state index is 11.8. The van der Waals surface area contributed by atoms with Crippen LogP contribution in [0.5, 0.6) is 0 Å². The van der Waals surface area contributed by atoms with Crippen LogP contribution in [0, 0.1) is 0 Å². The Hall–Kier alpha value is -1.69. The summed E-state index contributed by atoms with van der Waals surface area (Å²) in [5.74, 6) is 0.761. The van der Waals surface area contributed by atoms with E-state index in [0.717, 1.165) is 5.75 Å². The number of rotatable bonds is 5. The predicted octanol–water partition coefficient (Wildman–Crippen LogP) is 3.13. The number of benzene rings is 1. The quantitative estimate of drug-likeness (QED) is 0.820. The topological polar surface area (TPSA) is 67.4 Å². The van der Waals surface area contributed by atoms with E-state index in [1.807, 2.05) is 6.26 Å². The van der Waals surface area contributed by atoms with Crippen molar-refractivity contribution in [1.82, 2.24) is 5.32 Å². The third-order valence-electron chi connectivity index (χ3n) is 2.38. The van der Waals surface area contributed by atoms with Crippen molar-refractivity contribution in [2.45, 2.75) is 26.4 Å². The number of nitrogens with one attached hydrogen (secondary N) is 2. The van der Waals surface area contributed by atoms with E-state index in [-0.39, 0.29) is 5.91 Å². The highest BCUT2D eigenvalue weighted by atomic mass is 32.2. The van der Waals surface area contributed by atoms with E-state index in [4.69, 9.17) is 4.74 Å². The number of carbonyl (C=O) groups is 2. The Morgan fingerprint density at radius 1 is 1.19 bits per heavy atom. The first-order chi connectivity index (χ1) is 9.81. The highest BCUT2D eigenvalue weighted by Gasteiger charge is 2.16. The van der Waals surface area contributed by atoms with Gasteiger partial charge in [-0.2, -0.15) is 11.8 Å². The Morgan fingerprint density at radius 2 is 1.81 bits per heavy atom. The summed E-state index contributed by atoms with van der Waals surface area (Å²) in [5, 5.41) is 5.44. The SMILES string of the molecule is CSCCNC(=O)c1ccc(NC(=O)OC(C)(C)C)cc1. The summed E-state index contributed by atoms with van der Waals surface area (Å²) in [4.78, 5) is 23.4. The highest BCUT2D eigenvalue weighted by Crippen LogP contribution is 2.13. The molecule has 0 aromatic heterocycles. The molecule has 116 valence electrons. The molecular formula is C15H22N2O3S. The Kier molecular flexibility index (Phi) is 6.55. The summed E-state index contributed by atoms with van der Waals surface area (Å²) in [6, 6.07) is 6.68. The molecule has 1 aromatic carbocycles. The minimum atomic E-state index is -0.540. The summed E-state index contributed by atoms with van der Waals surface area (Å²) in [7, 11) is 0. The van der Waals surface area contributed by atoms with E-state index in [1.165, 1.54) is 0 Å². The van der Waals surface area contributed by atoms with Crippen LogP contribution in [0.4, 0.5) is 10.5 Å². The van der Waals surface area contributed by atoms with Crippen LogP contribution in [0.2, 0.25) is 0 Å². The van der Waals surface area contributed by atoms with Crippen LogP contribution in [0.25, 0.3) is 0 Å². The van der Waals surface area contributed by atoms with Crippen molar-refractivity contribution in [2.75, 3.05) is 23.9 Å². The molecule has 0 aliphatic heterocycles. The van der Waals surface area contributed by atoms with Gasteiger partial charge in [0, 0.05) is 23.5 Å². The molecule has 0 saturated heterocycles. The number of anilines is 1. The fraction of sp³-hybridized carbons (Fsp3) is 0.467. The molecule has 1 aromatic rings. The molecule has 0 atom stereocenters. The second-order valence-electron chi connectivity index (χ2n) is 5.45. The molecule has 0 spiro atoms. The third-order valence-corrected chi connectivity index (χ3v) is 3.00. The number of hydrogen-bond acceptors (Lipinski definition) is 4. The van der Waals surface area contributed by atoms with Crippen molar-refractivity contribution in [3.05, 3.63) is 29.8 Å². The average Bonchev–Trinajstić information content (AvgIpc) is 2.37. The molecule has 1 rings (SSSR count). The first-order valence-corrected chi connectivity index (χ1v) is 8.08. The molecular weight excluding hydrogens is 288 g/mol. The summed E-state index contributed by atoms with van der Waals surface area (Å²) in [6.07, 6.45) is 1.48. The maximum absolute atomic E-state index is 11.8. The normalized spacial score (nSPS) is 10.9. The van der Waals surface area contributed by atoms with Gasteiger partial charge in [-0.3, -0.25) is 10.1 Å². The van der Waals surface area contributed by atoms with Crippen LogP contribution in [-0.4, -0.2) is 36.2 Å². The van der Waals surface area contributed by atoms with Crippen molar-refractivity contribution in [1.29, 1.82) is 0 Å². The standard InChI is InChI=1S/C15H22N2O3S/c1-15(2,3)20-14(19)17-12-7-5-11(6-8-12)13(18)16-9-10-21-4/h5-8H,9-10H2,1-4H3,(H,16,18)(H,17,19). The lowest BCUT2D eigenvalue weighted by Gasteiger charge is -2.19. The zero-order chi connectivity index (χ0) is 15.9. The monoisotopic (exact) mass is 310 g/mol. The third kappa shape index (κ3) is 7.04. The fourth-order valence-corrected chi connectivity index (χ4v) is 1.80. The van der Waals surface area contributed by atoms with Gasteiger partial charge >= 0.3 is 6.09 Å². The van der Waals surface area contributed by atoms with Gasteiger partial charge in [-0.1, -0.05) is 0 Å². The summed E-state index contributed by atoms with van der Waals surface area (Å²) >= 11 is 1.68. The van der Waals surface area contributed by atoms with E-state index in [9.17, 15) is 9.59 Å². The van der Waals surface area contributed by atoms with E-state index in [1.54, 1.807) is 56.8 Å². The van der Waals surface area contributed by atoms with E-state index < -0.39 is 11.7 Å². The van der Waals surface area contributed by atoms with Crippen LogP contribution < -0.4 is 10.6 Å². The summed E-state index contributed by atoms with van der Waals surface area (Å²) in [5.41, 5.74) is 0.608. The minimum Gasteiger partial charge on any atom is -0.444 e. The van der Waals surface area contributed by atoms with Gasteiger partial charge < -0.3 is 10.1 Å². The zero-order valence-corrected chi connectivity index (χ0v) is 13.7. The Bertz CT molecular complexity index is 481. The molecule has 0 fully saturated rings. The van der Waals surface area contributed by atoms with Gasteiger partial charge in [0.2, 0.25) is 0 Å². The van der Waals surface area contributed by atoms with Crippen molar-refractivity contribution in [2.24, 2.45) is 0 Å². The predicted molar refractivity (Wildman–Crippen MR) is 87.0 cm³/mol. The lowest BCUT2D eigenvalue weighted by Crippen LogP contribution is -2.27. The average molecular weight is 310 g/mol. The fourth-order valence-electron chi connectivity index (χ4n) is 1.50. The molecule has 0 aliphatic rings. The number of carbonyl (C=O) groups excluding carboxylic acids is 2. The van der Waals surface area contributed by atoms with Crippen LogP contribution in [-0.2, 0) is 4.74 Å². The molecule has 0 heterocycles. The Morgan fingerprint density at radius 3 is 2.33 bits per heavy atom. The molecule has 0 bridgehead atoms. The van der Waals surface area contributed by atoms with Crippen LogP contribution in [0.3, 0.4) is 0 Å². The van der Waals surface area contributed by atoms with Crippen molar-refractivity contribution in [3.63, 3.8) is 0 Å². The van der Waals surface area contributed by atoms with Crippen LogP contribution in [0.15, 0.2) is 24.3 Å². The van der Waals surface area contributed by atoms with Gasteiger partial charge in [0.05, 0.1) is 0 Å². The molecule has 21 heavy (non-hydrogen) atoms. The number of hydrogen-bond donors (Lipinski definition) is 2. The van der Waals surface area contributed by atoms with Gasteiger partial charge in [-0.05, 0) is 51.3 Å². The van der Waals surface area contributed by atoms with Gasteiger partial charge in [0.25, 0.3) is 5.91 Å². The Balaban J connectivity index is 2.54. The minimum absolute atomic E-state index is 0.118. The number of thioether (sulfide) groups is 1. The van der Waals surface area contributed by atoms with Crippen molar-refractivity contribution in [3.8, 4) is 0 Å². The van der Waals surface area contributed by atoms with Crippen LogP contribution in [0.1, 0.15) is 31.1 Å². The molecule has 0 radical (unpaired) electrons. The number of ether oxygens (including phenoxy) is 1. The molecule has 2 N–H and O–H groups in total. The molecule has 0 aliphatic carbocycles. The smallest absolute Gasteiger partial charge is 0.412 e. The molecule has 0 unspecified atom stereocenters. The Labute approximate surface area is 129 Å². The first kappa shape index (κ1) is 17.4. The van der Waals surface area contributed by atoms with Gasteiger partial charge in [0.1, 0.15) is 5.60 Å². The lowest BCUT2D eigenvalue weighted by atomic mass is 10.2.